The second-order valence-electron chi connectivity index (χ2n) is 7.41. The predicted molar refractivity (Wildman–Crippen MR) is 126 cm³/mol. The lowest BCUT2D eigenvalue weighted by Crippen LogP contribution is -2.36. The number of hydrogen-bond donors (Lipinski definition) is 2. The number of carbonyl (C=O) groups excluding carboxylic acids is 2. The summed E-state index contributed by atoms with van der Waals surface area (Å²) in [6.45, 7) is 0.632. The van der Waals surface area contributed by atoms with E-state index in [0.29, 0.717) is 28.0 Å². The highest BCUT2D eigenvalue weighted by molar-refractivity contribution is 6.35. The highest BCUT2D eigenvalue weighted by Gasteiger charge is 2.35. The summed E-state index contributed by atoms with van der Waals surface area (Å²) in [6.07, 6.45) is 0.174. The first-order chi connectivity index (χ1) is 15.5. The molecule has 1 atom stereocenters. The molecule has 1 fully saturated rings. The molecular weight excluding hydrogens is 449 g/mol. The molecule has 1 aliphatic rings. The number of carbonyl (C=O) groups is 2. The van der Waals surface area contributed by atoms with E-state index in [1.807, 2.05) is 48.5 Å². The maximum Gasteiger partial charge on any atom is 0.243 e. The minimum absolute atomic E-state index is 0.0624. The number of nitrogens with zero attached hydrogens (tertiary/aromatic N) is 1. The second-order valence-corrected chi connectivity index (χ2v) is 8.25. The molecule has 0 aromatic heterocycles. The van der Waals surface area contributed by atoms with Gasteiger partial charge in [-0.15, -0.1) is 0 Å². The van der Waals surface area contributed by atoms with Crippen LogP contribution >= 0.6 is 23.2 Å². The normalized spacial score (nSPS) is 15.5. The maximum atomic E-state index is 12.6. The van der Waals surface area contributed by atoms with Crippen molar-refractivity contribution < 1.29 is 14.3 Å². The minimum Gasteiger partial charge on any atom is -0.489 e. The van der Waals surface area contributed by atoms with Gasteiger partial charge < -0.3 is 9.64 Å². The lowest BCUT2D eigenvalue weighted by molar-refractivity contribution is -0.125. The fraction of sp³-hybridized carbons (Fsp3) is 0.167. The molecule has 1 aliphatic heterocycles. The standard InChI is InChI=1S/C24H21Cl2N3O3/c25-18-10-9-16(22(26)12-18)15-32-21-8-4-5-19(13-21)27-28-24(31)17-11-23(30)29(14-17)20-6-2-1-3-7-20/h1-10,12-13,17,27H,11,14-15H2,(H,28,31)/t17-/m1/s1. The highest BCUT2D eigenvalue weighted by atomic mass is 35.5. The molecule has 164 valence electrons. The maximum absolute atomic E-state index is 12.6. The number of nitrogens with one attached hydrogen (secondary N) is 2. The van der Waals surface area contributed by atoms with Gasteiger partial charge in [0.1, 0.15) is 12.4 Å². The van der Waals surface area contributed by atoms with Crippen molar-refractivity contribution in [2.24, 2.45) is 5.92 Å². The van der Waals surface area contributed by atoms with Crippen LogP contribution in [0.4, 0.5) is 11.4 Å². The van der Waals surface area contributed by atoms with Gasteiger partial charge in [0, 0.05) is 40.3 Å². The summed E-state index contributed by atoms with van der Waals surface area (Å²) in [7, 11) is 0. The summed E-state index contributed by atoms with van der Waals surface area (Å²) < 4.78 is 5.81. The van der Waals surface area contributed by atoms with Crippen molar-refractivity contribution in [3.05, 3.63) is 88.4 Å². The van der Waals surface area contributed by atoms with Gasteiger partial charge in [-0.05, 0) is 36.4 Å². The molecule has 6 nitrogen and oxygen atoms in total. The molecule has 1 saturated heterocycles. The molecule has 0 unspecified atom stereocenters. The largest absolute Gasteiger partial charge is 0.489 e. The molecule has 0 spiro atoms. The molecule has 0 bridgehead atoms. The van der Waals surface area contributed by atoms with E-state index in [1.165, 1.54) is 0 Å². The van der Waals surface area contributed by atoms with E-state index in [1.54, 1.807) is 29.2 Å². The zero-order valence-electron chi connectivity index (χ0n) is 17.1. The molecule has 1 heterocycles. The van der Waals surface area contributed by atoms with Crippen LogP contribution in [0, 0.1) is 5.92 Å². The minimum atomic E-state index is -0.429. The molecule has 0 radical (unpaired) electrons. The number of ether oxygens (including phenoxy) is 1. The number of amides is 2. The van der Waals surface area contributed by atoms with Crippen LogP contribution in [0.15, 0.2) is 72.8 Å². The van der Waals surface area contributed by atoms with Gasteiger partial charge >= 0.3 is 0 Å². The van der Waals surface area contributed by atoms with Crippen LogP contribution in [-0.4, -0.2) is 18.4 Å². The molecule has 32 heavy (non-hydrogen) atoms. The van der Waals surface area contributed by atoms with Gasteiger partial charge in [0.25, 0.3) is 0 Å². The Kier molecular flexibility index (Phi) is 6.83. The zero-order valence-corrected chi connectivity index (χ0v) is 18.6. The number of para-hydroxylation sites is 1. The summed E-state index contributed by atoms with van der Waals surface area (Å²) in [5.41, 5.74) is 7.85. The number of halogens is 2. The highest BCUT2D eigenvalue weighted by Crippen LogP contribution is 2.26. The van der Waals surface area contributed by atoms with Gasteiger partial charge in [0.05, 0.1) is 11.6 Å². The fourth-order valence-electron chi connectivity index (χ4n) is 3.44. The van der Waals surface area contributed by atoms with E-state index in [4.69, 9.17) is 27.9 Å². The molecule has 2 N–H and O–H groups in total. The quantitative estimate of drug-likeness (QED) is 0.474. The van der Waals surface area contributed by atoms with Gasteiger partial charge in [0.2, 0.25) is 11.8 Å². The SMILES string of the molecule is O=C(NNc1cccc(OCc2ccc(Cl)cc2Cl)c1)[C@@H]1CC(=O)N(c2ccccc2)C1. The molecule has 0 aliphatic carbocycles. The Morgan fingerprint density at radius 2 is 1.84 bits per heavy atom. The first kappa shape index (κ1) is 22.0. The Morgan fingerprint density at radius 3 is 2.62 bits per heavy atom. The molecule has 3 aromatic carbocycles. The average molecular weight is 470 g/mol. The summed E-state index contributed by atoms with van der Waals surface area (Å²) >= 11 is 12.1. The first-order valence-electron chi connectivity index (χ1n) is 10.1. The van der Waals surface area contributed by atoms with Crippen LogP contribution in [0.25, 0.3) is 0 Å². The van der Waals surface area contributed by atoms with E-state index >= 15 is 0 Å². The van der Waals surface area contributed by atoms with E-state index in [2.05, 4.69) is 10.9 Å². The van der Waals surface area contributed by atoms with Gasteiger partial charge in [0.15, 0.2) is 0 Å². The third-order valence-corrected chi connectivity index (χ3v) is 5.72. The predicted octanol–water partition coefficient (Wildman–Crippen LogP) is 5.07. The fourth-order valence-corrected chi connectivity index (χ4v) is 3.90. The number of anilines is 2. The average Bonchev–Trinajstić information content (AvgIpc) is 3.19. The third-order valence-electron chi connectivity index (χ3n) is 5.14. The number of hydrogen-bond acceptors (Lipinski definition) is 4. The molecule has 3 aromatic rings. The van der Waals surface area contributed by atoms with Crippen LogP contribution in [-0.2, 0) is 16.2 Å². The van der Waals surface area contributed by atoms with E-state index in [9.17, 15) is 9.59 Å². The Bertz CT molecular complexity index is 1120. The topological polar surface area (TPSA) is 70.7 Å². The van der Waals surface area contributed by atoms with Crippen molar-refractivity contribution in [2.45, 2.75) is 13.0 Å². The number of hydrazine groups is 1. The van der Waals surface area contributed by atoms with E-state index in [0.717, 1.165) is 11.3 Å². The molecule has 4 rings (SSSR count). The first-order valence-corrected chi connectivity index (χ1v) is 10.8. The second kappa shape index (κ2) is 9.94. The van der Waals surface area contributed by atoms with Crippen molar-refractivity contribution in [3.63, 3.8) is 0 Å². The van der Waals surface area contributed by atoms with Crippen LogP contribution in [0.5, 0.6) is 5.75 Å². The smallest absolute Gasteiger partial charge is 0.243 e. The number of rotatable bonds is 7. The van der Waals surface area contributed by atoms with Crippen molar-refractivity contribution in [3.8, 4) is 5.75 Å². The van der Waals surface area contributed by atoms with Crippen molar-refractivity contribution in [2.75, 3.05) is 16.9 Å². The Morgan fingerprint density at radius 1 is 1.03 bits per heavy atom. The summed E-state index contributed by atoms with van der Waals surface area (Å²) in [5, 5.41) is 1.10. The van der Waals surface area contributed by atoms with Crippen LogP contribution in [0.3, 0.4) is 0 Å². The summed E-state index contributed by atoms with van der Waals surface area (Å²) in [4.78, 5) is 26.6. The molecule has 8 heteroatoms. The molecular formula is C24H21Cl2N3O3. The summed E-state index contributed by atoms with van der Waals surface area (Å²) in [6, 6.07) is 21.8. The van der Waals surface area contributed by atoms with Crippen LogP contribution in [0.1, 0.15) is 12.0 Å². The lowest BCUT2D eigenvalue weighted by Gasteiger charge is -2.17. The number of benzene rings is 3. The van der Waals surface area contributed by atoms with Gasteiger partial charge in [-0.25, -0.2) is 0 Å². The van der Waals surface area contributed by atoms with Gasteiger partial charge in [-0.2, -0.15) is 0 Å². The van der Waals surface area contributed by atoms with Crippen LogP contribution in [0.2, 0.25) is 10.0 Å². The summed E-state index contributed by atoms with van der Waals surface area (Å²) in [5.74, 6) is -0.119. The van der Waals surface area contributed by atoms with E-state index in [-0.39, 0.29) is 24.8 Å². The van der Waals surface area contributed by atoms with Crippen molar-refractivity contribution >= 4 is 46.4 Å². The molecule has 0 saturated carbocycles. The van der Waals surface area contributed by atoms with E-state index < -0.39 is 5.92 Å². The zero-order chi connectivity index (χ0) is 22.5. The Labute approximate surface area is 196 Å². The van der Waals surface area contributed by atoms with Crippen molar-refractivity contribution in [1.82, 2.24) is 5.43 Å². The van der Waals surface area contributed by atoms with Crippen molar-refractivity contribution in [1.29, 1.82) is 0 Å². The molecule has 2 amide bonds. The van der Waals surface area contributed by atoms with Crippen LogP contribution < -0.4 is 20.5 Å². The van der Waals surface area contributed by atoms with Gasteiger partial charge in [-0.3, -0.25) is 20.4 Å². The third kappa shape index (κ3) is 5.33. The van der Waals surface area contributed by atoms with Gasteiger partial charge in [-0.1, -0.05) is 53.5 Å². The Balaban J connectivity index is 1.31. The Hall–Kier alpha value is -3.22. The lowest BCUT2D eigenvalue weighted by atomic mass is 10.1. The monoisotopic (exact) mass is 469 g/mol.